The Bertz CT molecular complexity index is 536. The molecule has 0 fully saturated rings. The third-order valence-corrected chi connectivity index (χ3v) is 3.57. The van der Waals surface area contributed by atoms with Crippen molar-refractivity contribution in [3.8, 4) is 0 Å². The summed E-state index contributed by atoms with van der Waals surface area (Å²) >= 11 is 0. The molecule has 0 aliphatic heterocycles. The number of rotatable bonds is 14. The van der Waals surface area contributed by atoms with E-state index >= 15 is 0 Å². The van der Waals surface area contributed by atoms with Crippen LogP contribution in [0, 0.1) is 0 Å². The summed E-state index contributed by atoms with van der Waals surface area (Å²) in [6, 6.07) is 7.58. The first-order chi connectivity index (χ1) is 13.2. The van der Waals surface area contributed by atoms with Crippen molar-refractivity contribution in [2.75, 3.05) is 59.8 Å². The molecule has 0 saturated heterocycles. The molecule has 0 spiro atoms. The first-order valence-corrected chi connectivity index (χ1v) is 9.12. The number of nitrogens with one attached hydrogen (secondary N) is 2. The van der Waals surface area contributed by atoms with Crippen LogP contribution in [-0.4, -0.2) is 71.8 Å². The molecule has 2 amide bonds. The maximum absolute atomic E-state index is 11.9. The highest BCUT2D eigenvalue weighted by Crippen LogP contribution is 2.04. The van der Waals surface area contributed by atoms with E-state index in [0.717, 1.165) is 6.42 Å². The standard InChI is InChI=1S/C19H30N2O6/c1-3-16-4-6-17(7-5-16)18(22)21-8-9-24-10-11-25-12-13-26-14-15-27-19(23)20-2/h4-7H,3,8-15H2,1-2H3,(H,20,23)(H,21,22). The summed E-state index contributed by atoms with van der Waals surface area (Å²) in [5.41, 5.74) is 1.86. The van der Waals surface area contributed by atoms with Crippen molar-refractivity contribution in [3.05, 3.63) is 35.4 Å². The zero-order valence-electron chi connectivity index (χ0n) is 16.1. The van der Waals surface area contributed by atoms with Crippen LogP contribution in [0.5, 0.6) is 0 Å². The van der Waals surface area contributed by atoms with E-state index in [9.17, 15) is 9.59 Å². The molecule has 152 valence electrons. The Morgan fingerprint density at radius 3 is 1.96 bits per heavy atom. The van der Waals surface area contributed by atoms with Crippen molar-refractivity contribution < 1.29 is 28.5 Å². The van der Waals surface area contributed by atoms with E-state index in [0.29, 0.717) is 51.7 Å². The van der Waals surface area contributed by atoms with Crippen molar-refractivity contribution in [2.45, 2.75) is 13.3 Å². The average Bonchev–Trinajstić information content (AvgIpc) is 2.71. The van der Waals surface area contributed by atoms with Gasteiger partial charge in [-0.05, 0) is 24.1 Å². The molecule has 0 bridgehead atoms. The van der Waals surface area contributed by atoms with Gasteiger partial charge in [0, 0.05) is 19.2 Å². The molecule has 0 radical (unpaired) electrons. The molecule has 0 aromatic heterocycles. The van der Waals surface area contributed by atoms with Crippen molar-refractivity contribution in [3.63, 3.8) is 0 Å². The van der Waals surface area contributed by atoms with Gasteiger partial charge in [-0.15, -0.1) is 0 Å². The SMILES string of the molecule is CCc1ccc(C(=O)NCCOCCOCCOCCOC(=O)NC)cc1. The number of hydrogen-bond acceptors (Lipinski definition) is 6. The van der Waals surface area contributed by atoms with Gasteiger partial charge in [-0.25, -0.2) is 4.79 Å². The van der Waals surface area contributed by atoms with Crippen LogP contribution < -0.4 is 10.6 Å². The maximum Gasteiger partial charge on any atom is 0.406 e. The van der Waals surface area contributed by atoms with Gasteiger partial charge in [0.2, 0.25) is 0 Å². The Labute approximate surface area is 160 Å². The fourth-order valence-electron chi connectivity index (χ4n) is 2.04. The lowest BCUT2D eigenvalue weighted by molar-refractivity contribution is 0.00631. The minimum Gasteiger partial charge on any atom is -0.447 e. The number of hydrogen-bond donors (Lipinski definition) is 2. The molecule has 0 saturated carbocycles. The van der Waals surface area contributed by atoms with E-state index in [1.807, 2.05) is 24.3 Å². The smallest absolute Gasteiger partial charge is 0.406 e. The van der Waals surface area contributed by atoms with E-state index in [-0.39, 0.29) is 12.5 Å². The van der Waals surface area contributed by atoms with Gasteiger partial charge < -0.3 is 29.6 Å². The molecule has 0 aliphatic rings. The summed E-state index contributed by atoms with van der Waals surface area (Å²) in [5, 5.41) is 5.16. The third-order valence-electron chi connectivity index (χ3n) is 3.57. The van der Waals surface area contributed by atoms with Crippen LogP contribution in [-0.2, 0) is 25.4 Å². The third kappa shape index (κ3) is 11.2. The predicted octanol–water partition coefficient (Wildman–Crippen LogP) is 1.38. The quantitative estimate of drug-likeness (QED) is 0.472. The molecule has 1 aromatic rings. The van der Waals surface area contributed by atoms with Crippen molar-refractivity contribution in [2.24, 2.45) is 0 Å². The van der Waals surface area contributed by atoms with Crippen LogP contribution >= 0.6 is 0 Å². The summed E-state index contributed by atoms with van der Waals surface area (Å²) in [4.78, 5) is 22.7. The molecule has 1 rings (SSSR count). The highest BCUT2D eigenvalue weighted by molar-refractivity contribution is 5.94. The molecular weight excluding hydrogens is 352 g/mol. The first kappa shape index (κ1) is 22.9. The van der Waals surface area contributed by atoms with Gasteiger partial charge in [-0.1, -0.05) is 19.1 Å². The summed E-state index contributed by atoms with van der Waals surface area (Å²) in [6.45, 7) is 5.24. The Kier molecular flexibility index (Phi) is 12.7. The van der Waals surface area contributed by atoms with Crippen LogP contribution in [0.3, 0.4) is 0 Å². The Morgan fingerprint density at radius 1 is 0.852 bits per heavy atom. The number of ether oxygens (including phenoxy) is 4. The summed E-state index contributed by atoms with van der Waals surface area (Å²) in [5.74, 6) is -0.102. The molecule has 0 unspecified atom stereocenters. The average molecular weight is 382 g/mol. The zero-order valence-corrected chi connectivity index (χ0v) is 16.1. The van der Waals surface area contributed by atoms with Gasteiger partial charge in [0.25, 0.3) is 5.91 Å². The normalized spacial score (nSPS) is 10.4. The Balaban J connectivity index is 1.88. The van der Waals surface area contributed by atoms with Crippen molar-refractivity contribution in [1.29, 1.82) is 0 Å². The van der Waals surface area contributed by atoms with Gasteiger partial charge in [-0.2, -0.15) is 0 Å². The minimum atomic E-state index is -0.474. The van der Waals surface area contributed by atoms with Crippen LogP contribution in [0.4, 0.5) is 4.79 Å². The lowest BCUT2D eigenvalue weighted by Gasteiger charge is -2.08. The maximum atomic E-state index is 11.9. The van der Waals surface area contributed by atoms with Gasteiger partial charge in [0.05, 0.1) is 39.6 Å². The molecular formula is C19H30N2O6. The molecule has 8 heteroatoms. The van der Waals surface area contributed by atoms with E-state index in [4.69, 9.17) is 18.9 Å². The monoisotopic (exact) mass is 382 g/mol. The summed E-state index contributed by atoms with van der Waals surface area (Å²) in [6.07, 6.45) is 0.480. The van der Waals surface area contributed by atoms with Gasteiger partial charge in [0.1, 0.15) is 6.61 Å². The molecule has 1 aromatic carbocycles. The van der Waals surface area contributed by atoms with E-state index < -0.39 is 6.09 Å². The molecule has 0 heterocycles. The first-order valence-electron chi connectivity index (χ1n) is 9.12. The zero-order chi connectivity index (χ0) is 19.7. The van der Waals surface area contributed by atoms with Gasteiger partial charge >= 0.3 is 6.09 Å². The minimum absolute atomic E-state index is 0.102. The van der Waals surface area contributed by atoms with Crippen molar-refractivity contribution >= 4 is 12.0 Å². The lowest BCUT2D eigenvalue weighted by Crippen LogP contribution is -2.27. The highest BCUT2D eigenvalue weighted by atomic mass is 16.6. The van der Waals surface area contributed by atoms with Crippen LogP contribution in [0.1, 0.15) is 22.8 Å². The Hall–Kier alpha value is -2.16. The van der Waals surface area contributed by atoms with E-state index in [1.165, 1.54) is 12.6 Å². The molecule has 0 aliphatic carbocycles. The summed E-state index contributed by atoms with van der Waals surface area (Å²) < 4.78 is 20.7. The molecule has 0 atom stereocenters. The highest BCUT2D eigenvalue weighted by Gasteiger charge is 2.04. The van der Waals surface area contributed by atoms with Crippen molar-refractivity contribution in [1.82, 2.24) is 10.6 Å². The molecule has 8 nitrogen and oxygen atoms in total. The fraction of sp³-hybridized carbons (Fsp3) is 0.579. The second-order valence-electron chi connectivity index (χ2n) is 5.53. The number of carbonyl (C=O) groups excluding carboxylic acids is 2. The van der Waals surface area contributed by atoms with E-state index in [1.54, 1.807) is 0 Å². The second-order valence-corrected chi connectivity index (χ2v) is 5.53. The lowest BCUT2D eigenvalue weighted by atomic mass is 10.1. The predicted molar refractivity (Wildman–Crippen MR) is 101 cm³/mol. The Morgan fingerprint density at radius 2 is 1.41 bits per heavy atom. The molecule has 27 heavy (non-hydrogen) atoms. The van der Waals surface area contributed by atoms with Crippen LogP contribution in [0.15, 0.2) is 24.3 Å². The summed E-state index contributed by atoms with van der Waals surface area (Å²) in [7, 11) is 1.50. The largest absolute Gasteiger partial charge is 0.447 e. The van der Waals surface area contributed by atoms with Crippen LogP contribution in [0.2, 0.25) is 0 Å². The number of alkyl carbamates (subject to hydrolysis) is 1. The van der Waals surface area contributed by atoms with Crippen LogP contribution in [0.25, 0.3) is 0 Å². The topological polar surface area (TPSA) is 95.1 Å². The number of benzene rings is 1. The molecule has 2 N–H and O–H groups in total. The number of amides is 2. The second kappa shape index (κ2) is 15.0. The van der Waals surface area contributed by atoms with Gasteiger partial charge in [0.15, 0.2) is 0 Å². The van der Waals surface area contributed by atoms with Gasteiger partial charge in [-0.3, -0.25) is 4.79 Å². The number of aryl methyl sites for hydroxylation is 1. The van der Waals surface area contributed by atoms with E-state index in [2.05, 4.69) is 17.6 Å². The fourth-order valence-corrected chi connectivity index (χ4v) is 2.04. The number of carbonyl (C=O) groups is 2.